The van der Waals surface area contributed by atoms with Crippen LogP contribution in [0.3, 0.4) is 0 Å². The van der Waals surface area contributed by atoms with Crippen LogP contribution in [0.15, 0.2) is 46.4 Å². The summed E-state index contributed by atoms with van der Waals surface area (Å²) in [6.07, 6.45) is 1.50. The molecule has 4 rings (SSSR count). The fraction of sp³-hybridized carbons (Fsp3) is 0. The van der Waals surface area contributed by atoms with Gasteiger partial charge in [-0.15, -0.1) is 0 Å². The van der Waals surface area contributed by atoms with Crippen molar-refractivity contribution in [2.75, 3.05) is 0 Å². The number of nitrogens with one attached hydrogen (secondary N) is 2. The zero-order valence-corrected chi connectivity index (χ0v) is 13.0. The monoisotopic (exact) mass is 350 g/mol. The first-order valence-electron chi connectivity index (χ1n) is 7.32. The second-order valence-electron chi connectivity index (χ2n) is 5.39. The van der Waals surface area contributed by atoms with Gasteiger partial charge in [0, 0.05) is 23.9 Å². The van der Waals surface area contributed by atoms with Crippen molar-refractivity contribution in [2.45, 2.75) is 0 Å². The van der Waals surface area contributed by atoms with Crippen LogP contribution in [-0.2, 0) is 0 Å². The van der Waals surface area contributed by atoms with Gasteiger partial charge in [-0.25, -0.2) is 15.4 Å². The SMILES string of the molecule is N=C(N)NN=C1c2cc([N+](=O)[O-])ccc2-n2c1nc1ncccc1c2=O. The molecule has 26 heavy (non-hydrogen) atoms. The maximum atomic E-state index is 12.9. The van der Waals surface area contributed by atoms with E-state index in [0.717, 1.165) is 0 Å². The largest absolute Gasteiger partial charge is 0.369 e. The molecular weight excluding hydrogens is 340 g/mol. The normalized spacial score (nSPS) is 13.5. The van der Waals surface area contributed by atoms with E-state index >= 15 is 0 Å². The molecule has 0 unspecified atom stereocenters. The van der Waals surface area contributed by atoms with E-state index in [1.165, 1.54) is 29.0 Å². The molecule has 0 aliphatic carbocycles. The van der Waals surface area contributed by atoms with Crippen molar-refractivity contribution < 1.29 is 4.92 Å². The van der Waals surface area contributed by atoms with Crippen molar-refractivity contribution in [2.24, 2.45) is 10.8 Å². The number of rotatable bonds is 2. The number of hydrogen-bond acceptors (Lipinski definition) is 7. The first-order valence-corrected chi connectivity index (χ1v) is 7.32. The molecule has 11 heteroatoms. The van der Waals surface area contributed by atoms with Crippen molar-refractivity contribution in [3.63, 3.8) is 0 Å². The molecule has 1 aliphatic rings. The molecule has 0 spiro atoms. The third-order valence-corrected chi connectivity index (χ3v) is 3.83. The summed E-state index contributed by atoms with van der Waals surface area (Å²) in [5.41, 5.74) is 8.12. The molecule has 0 bridgehead atoms. The number of nitrogens with two attached hydrogens (primary N) is 1. The standard InChI is InChI=1S/C15H10N8O3/c16-15(17)21-20-11-9-6-7(23(25)26)3-4-10(9)22-13(11)19-12-8(14(22)24)2-1-5-18-12/h1-6H,(H4,16,17,21). The summed E-state index contributed by atoms with van der Waals surface area (Å²) in [5.74, 6) is -0.269. The Morgan fingerprint density at radius 1 is 1.38 bits per heavy atom. The molecular formula is C15H10N8O3. The molecule has 4 N–H and O–H groups in total. The summed E-state index contributed by atoms with van der Waals surface area (Å²) in [6.45, 7) is 0. The van der Waals surface area contributed by atoms with Crippen molar-refractivity contribution in [1.29, 1.82) is 5.41 Å². The van der Waals surface area contributed by atoms with E-state index in [2.05, 4.69) is 20.5 Å². The molecule has 0 fully saturated rings. The van der Waals surface area contributed by atoms with E-state index in [1.807, 2.05) is 0 Å². The molecule has 0 atom stereocenters. The van der Waals surface area contributed by atoms with Gasteiger partial charge in [0.1, 0.15) is 5.71 Å². The lowest BCUT2D eigenvalue weighted by Crippen LogP contribution is -2.28. The molecule has 11 nitrogen and oxygen atoms in total. The molecule has 0 saturated carbocycles. The second kappa shape index (κ2) is 5.44. The van der Waals surface area contributed by atoms with Crippen LogP contribution < -0.4 is 16.7 Å². The third-order valence-electron chi connectivity index (χ3n) is 3.83. The molecule has 1 aromatic carbocycles. The Labute approximate surface area is 144 Å². The molecule has 128 valence electrons. The lowest BCUT2D eigenvalue weighted by atomic mass is 10.1. The summed E-state index contributed by atoms with van der Waals surface area (Å²) < 4.78 is 1.31. The highest BCUT2D eigenvalue weighted by molar-refractivity contribution is 6.17. The summed E-state index contributed by atoms with van der Waals surface area (Å²) in [4.78, 5) is 31.9. The number of benzene rings is 1. The Hall–Kier alpha value is -4.15. The van der Waals surface area contributed by atoms with Crippen LogP contribution >= 0.6 is 0 Å². The van der Waals surface area contributed by atoms with Gasteiger partial charge in [-0.1, -0.05) is 0 Å². The Morgan fingerprint density at radius 2 is 2.19 bits per heavy atom. The van der Waals surface area contributed by atoms with Crippen LogP contribution in [-0.4, -0.2) is 31.1 Å². The van der Waals surface area contributed by atoms with Gasteiger partial charge in [0.05, 0.1) is 16.0 Å². The number of hydrazone groups is 1. The quantitative estimate of drug-likeness (QED) is 0.201. The number of guanidine groups is 1. The molecule has 2 aromatic heterocycles. The first kappa shape index (κ1) is 15.4. The predicted molar refractivity (Wildman–Crippen MR) is 92.5 cm³/mol. The van der Waals surface area contributed by atoms with Crippen LogP contribution in [0.25, 0.3) is 16.7 Å². The number of non-ortho nitro benzene ring substituents is 1. The molecule has 1 aliphatic heterocycles. The van der Waals surface area contributed by atoms with Gasteiger partial charge in [-0.05, 0) is 18.2 Å². The van der Waals surface area contributed by atoms with Gasteiger partial charge in [0.2, 0.25) is 5.96 Å². The number of pyridine rings is 1. The lowest BCUT2D eigenvalue weighted by molar-refractivity contribution is -0.384. The Morgan fingerprint density at radius 3 is 2.92 bits per heavy atom. The number of nitro groups is 1. The Balaban J connectivity index is 2.08. The number of nitro benzene ring substituents is 1. The molecule has 0 saturated heterocycles. The van der Waals surface area contributed by atoms with Gasteiger partial charge in [0.25, 0.3) is 11.2 Å². The Bertz CT molecular complexity index is 1200. The smallest absolute Gasteiger partial charge is 0.270 e. The Kier molecular flexibility index (Phi) is 3.22. The number of aromatic nitrogens is 3. The zero-order chi connectivity index (χ0) is 18.4. The van der Waals surface area contributed by atoms with Crippen molar-refractivity contribution in [3.05, 3.63) is 68.4 Å². The maximum absolute atomic E-state index is 12.9. The van der Waals surface area contributed by atoms with E-state index in [0.29, 0.717) is 16.6 Å². The van der Waals surface area contributed by atoms with Crippen molar-refractivity contribution >= 4 is 28.4 Å². The van der Waals surface area contributed by atoms with Crippen LogP contribution in [0.5, 0.6) is 0 Å². The summed E-state index contributed by atoms with van der Waals surface area (Å²) in [5, 5.41) is 22.7. The van der Waals surface area contributed by atoms with Gasteiger partial charge < -0.3 is 5.73 Å². The minimum atomic E-state index is -0.548. The third kappa shape index (κ3) is 2.18. The van der Waals surface area contributed by atoms with Gasteiger partial charge >= 0.3 is 0 Å². The first-order chi connectivity index (χ1) is 12.5. The van der Waals surface area contributed by atoms with Crippen molar-refractivity contribution in [1.82, 2.24) is 20.0 Å². The van der Waals surface area contributed by atoms with Gasteiger partial charge in [0.15, 0.2) is 11.5 Å². The van der Waals surface area contributed by atoms with Crippen LogP contribution in [0.1, 0.15) is 11.4 Å². The van der Waals surface area contributed by atoms with Crippen LogP contribution in [0.2, 0.25) is 0 Å². The number of hydrogen-bond donors (Lipinski definition) is 3. The average molecular weight is 350 g/mol. The van der Waals surface area contributed by atoms with Gasteiger partial charge in [-0.2, -0.15) is 5.10 Å². The van der Waals surface area contributed by atoms with E-state index < -0.39 is 10.9 Å². The summed E-state index contributed by atoms with van der Waals surface area (Å²) in [6, 6.07) is 7.26. The number of fused-ring (bicyclic) bond motifs is 4. The van der Waals surface area contributed by atoms with Gasteiger partial charge in [-0.3, -0.25) is 24.9 Å². The lowest BCUT2D eigenvalue weighted by Gasteiger charge is -2.05. The highest BCUT2D eigenvalue weighted by Crippen LogP contribution is 2.29. The van der Waals surface area contributed by atoms with Crippen LogP contribution in [0.4, 0.5) is 5.69 Å². The minimum Gasteiger partial charge on any atom is -0.369 e. The minimum absolute atomic E-state index is 0.156. The predicted octanol–water partition coefficient (Wildman–Crippen LogP) is 0.238. The molecule has 0 radical (unpaired) electrons. The number of nitrogens with zero attached hydrogens (tertiary/aromatic N) is 5. The van der Waals surface area contributed by atoms with E-state index in [4.69, 9.17) is 11.1 Å². The van der Waals surface area contributed by atoms with E-state index in [9.17, 15) is 14.9 Å². The summed E-state index contributed by atoms with van der Waals surface area (Å²) >= 11 is 0. The highest BCUT2D eigenvalue weighted by atomic mass is 16.6. The maximum Gasteiger partial charge on any atom is 0.270 e. The summed E-state index contributed by atoms with van der Waals surface area (Å²) in [7, 11) is 0. The fourth-order valence-electron chi connectivity index (χ4n) is 2.77. The van der Waals surface area contributed by atoms with Crippen molar-refractivity contribution in [3.8, 4) is 5.69 Å². The zero-order valence-electron chi connectivity index (χ0n) is 13.0. The van der Waals surface area contributed by atoms with E-state index in [-0.39, 0.29) is 28.4 Å². The molecule has 3 heterocycles. The second-order valence-corrected chi connectivity index (χ2v) is 5.39. The fourth-order valence-corrected chi connectivity index (χ4v) is 2.77. The average Bonchev–Trinajstić information content (AvgIpc) is 2.93. The topological polar surface area (TPSA) is 165 Å². The highest BCUT2D eigenvalue weighted by Gasteiger charge is 2.31. The van der Waals surface area contributed by atoms with Crippen LogP contribution in [0, 0.1) is 15.5 Å². The molecule has 3 aromatic rings. The van der Waals surface area contributed by atoms with E-state index in [1.54, 1.807) is 12.1 Å². The molecule has 0 amide bonds.